The van der Waals surface area contributed by atoms with Crippen LogP contribution in [0.15, 0.2) is 0 Å². The Morgan fingerprint density at radius 1 is 1.45 bits per heavy atom. The first-order chi connectivity index (χ1) is 5.16. The molecule has 3 nitrogen and oxygen atoms in total. The van der Waals surface area contributed by atoms with E-state index in [0.717, 1.165) is 0 Å². The van der Waals surface area contributed by atoms with Gasteiger partial charge >= 0.3 is 5.97 Å². The Morgan fingerprint density at radius 3 is 2.55 bits per heavy atom. The SMILES string of the molecule is COC(=O)CSCCC(C)=O. The van der Waals surface area contributed by atoms with E-state index in [9.17, 15) is 9.59 Å². The van der Waals surface area contributed by atoms with E-state index in [1.165, 1.54) is 18.9 Å². The highest BCUT2D eigenvalue weighted by Gasteiger charge is 2.00. The lowest BCUT2D eigenvalue weighted by atomic mass is 10.4. The summed E-state index contributed by atoms with van der Waals surface area (Å²) in [7, 11) is 1.36. The molecule has 0 aromatic heterocycles. The summed E-state index contributed by atoms with van der Waals surface area (Å²) in [5.41, 5.74) is 0. The Balaban J connectivity index is 3.14. The van der Waals surface area contributed by atoms with Crippen LogP contribution in [-0.2, 0) is 14.3 Å². The maximum Gasteiger partial charge on any atom is 0.315 e. The van der Waals surface area contributed by atoms with E-state index < -0.39 is 0 Å². The zero-order valence-electron chi connectivity index (χ0n) is 6.75. The van der Waals surface area contributed by atoms with Gasteiger partial charge < -0.3 is 4.74 Å². The molecule has 64 valence electrons. The minimum Gasteiger partial charge on any atom is -0.468 e. The van der Waals surface area contributed by atoms with E-state index in [0.29, 0.717) is 17.9 Å². The van der Waals surface area contributed by atoms with Crippen molar-refractivity contribution in [2.24, 2.45) is 0 Å². The van der Waals surface area contributed by atoms with Gasteiger partial charge in [-0.25, -0.2) is 0 Å². The van der Waals surface area contributed by atoms with Crippen LogP contribution in [0.2, 0.25) is 0 Å². The first kappa shape index (κ1) is 10.5. The van der Waals surface area contributed by atoms with Crippen LogP contribution in [0.5, 0.6) is 0 Å². The van der Waals surface area contributed by atoms with Gasteiger partial charge in [0.25, 0.3) is 0 Å². The Morgan fingerprint density at radius 2 is 2.09 bits per heavy atom. The first-order valence-corrected chi connectivity index (χ1v) is 4.46. The van der Waals surface area contributed by atoms with Crippen molar-refractivity contribution in [1.82, 2.24) is 0 Å². The lowest BCUT2D eigenvalue weighted by molar-refractivity contribution is -0.137. The van der Waals surface area contributed by atoms with E-state index in [2.05, 4.69) is 4.74 Å². The third-order valence-electron chi connectivity index (χ3n) is 1.05. The molecule has 0 unspecified atom stereocenters. The van der Waals surface area contributed by atoms with Gasteiger partial charge in [-0.3, -0.25) is 9.59 Å². The minimum atomic E-state index is -0.237. The zero-order chi connectivity index (χ0) is 8.69. The number of hydrogen-bond acceptors (Lipinski definition) is 4. The van der Waals surface area contributed by atoms with Crippen molar-refractivity contribution in [3.05, 3.63) is 0 Å². The molecule has 0 aromatic carbocycles. The van der Waals surface area contributed by atoms with Crippen LogP contribution in [-0.4, -0.2) is 30.4 Å². The smallest absolute Gasteiger partial charge is 0.315 e. The number of methoxy groups -OCH3 is 1. The molecule has 0 atom stereocenters. The van der Waals surface area contributed by atoms with Gasteiger partial charge in [0.2, 0.25) is 0 Å². The summed E-state index contributed by atoms with van der Waals surface area (Å²) in [5.74, 6) is 0.953. The Labute approximate surface area is 70.5 Å². The zero-order valence-corrected chi connectivity index (χ0v) is 7.57. The van der Waals surface area contributed by atoms with Gasteiger partial charge in [-0.1, -0.05) is 0 Å². The van der Waals surface area contributed by atoms with Crippen LogP contribution in [0.25, 0.3) is 0 Å². The third kappa shape index (κ3) is 7.39. The summed E-state index contributed by atoms with van der Waals surface area (Å²) >= 11 is 1.42. The molecule has 0 saturated heterocycles. The molecule has 0 N–H and O–H groups in total. The molecule has 0 aliphatic rings. The maximum absolute atomic E-state index is 10.5. The normalized spacial score (nSPS) is 9.27. The molecule has 0 radical (unpaired) electrons. The molecule has 0 aromatic rings. The second-order valence-corrected chi connectivity index (χ2v) is 3.19. The van der Waals surface area contributed by atoms with E-state index in [1.807, 2.05) is 0 Å². The number of rotatable bonds is 5. The molecular weight excluding hydrogens is 164 g/mol. The second-order valence-electron chi connectivity index (χ2n) is 2.08. The molecule has 0 aliphatic carbocycles. The van der Waals surface area contributed by atoms with Crippen LogP contribution in [0.1, 0.15) is 13.3 Å². The highest BCUT2D eigenvalue weighted by atomic mass is 32.2. The number of hydrogen-bond donors (Lipinski definition) is 0. The topological polar surface area (TPSA) is 43.4 Å². The van der Waals surface area contributed by atoms with Crippen LogP contribution in [0, 0.1) is 0 Å². The molecule has 0 spiro atoms. The van der Waals surface area contributed by atoms with Crippen molar-refractivity contribution >= 4 is 23.5 Å². The van der Waals surface area contributed by atoms with E-state index in [4.69, 9.17) is 0 Å². The molecule has 0 amide bonds. The molecule has 0 fully saturated rings. The Kier molecular flexibility index (Phi) is 5.93. The van der Waals surface area contributed by atoms with Gasteiger partial charge in [0.05, 0.1) is 12.9 Å². The number of Topliss-reactive ketones (excluding diaryl/α,β-unsaturated/α-hetero) is 1. The largest absolute Gasteiger partial charge is 0.468 e. The summed E-state index contributed by atoms with van der Waals surface area (Å²) in [6, 6.07) is 0. The van der Waals surface area contributed by atoms with Gasteiger partial charge in [-0.15, -0.1) is 11.8 Å². The van der Waals surface area contributed by atoms with Crippen LogP contribution in [0.3, 0.4) is 0 Å². The van der Waals surface area contributed by atoms with Crippen molar-refractivity contribution in [3.8, 4) is 0 Å². The number of carbonyl (C=O) groups is 2. The summed E-state index contributed by atoms with van der Waals surface area (Å²) in [5, 5.41) is 0. The predicted octanol–water partition coefficient (Wildman–Crippen LogP) is 0.872. The molecule has 0 heterocycles. The number of thioether (sulfide) groups is 1. The Hall–Kier alpha value is -0.510. The number of ether oxygens (including phenoxy) is 1. The second kappa shape index (κ2) is 6.22. The standard InChI is InChI=1S/C7H12O3S/c1-6(8)3-4-11-5-7(9)10-2/h3-5H2,1-2H3. The van der Waals surface area contributed by atoms with E-state index in [1.54, 1.807) is 6.92 Å². The quantitative estimate of drug-likeness (QED) is 0.460. The van der Waals surface area contributed by atoms with Crippen molar-refractivity contribution in [3.63, 3.8) is 0 Å². The van der Waals surface area contributed by atoms with Gasteiger partial charge in [-0.2, -0.15) is 0 Å². The van der Waals surface area contributed by atoms with Crippen molar-refractivity contribution in [2.75, 3.05) is 18.6 Å². The van der Waals surface area contributed by atoms with Crippen molar-refractivity contribution in [1.29, 1.82) is 0 Å². The number of ketones is 1. The molecule has 0 saturated carbocycles. The van der Waals surface area contributed by atoms with Gasteiger partial charge in [0.1, 0.15) is 5.78 Å². The van der Waals surface area contributed by atoms with E-state index in [-0.39, 0.29) is 11.8 Å². The van der Waals surface area contributed by atoms with Crippen LogP contribution >= 0.6 is 11.8 Å². The highest BCUT2D eigenvalue weighted by Crippen LogP contribution is 2.02. The van der Waals surface area contributed by atoms with Crippen LogP contribution in [0.4, 0.5) is 0 Å². The van der Waals surface area contributed by atoms with Gasteiger partial charge in [0.15, 0.2) is 0 Å². The number of esters is 1. The monoisotopic (exact) mass is 176 g/mol. The molecule has 11 heavy (non-hydrogen) atoms. The molecule has 0 rings (SSSR count). The third-order valence-corrected chi connectivity index (χ3v) is 1.98. The molecule has 0 bridgehead atoms. The minimum absolute atomic E-state index is 0.155. The fourth-order valence-electron chi connectivity index (χ4n) is 0.430. The fourth-order valence-corrected chi connectivity index (χ4v) is 1.29. The number of carbonyl (C=O) groups excluding carboxylic acids is 2. The maximum atomic E-state index is 10.5. The summed E-state index contributed by atoms with van der Waals surface area (Å²) in [4.78, 5) is 21.0. The molecular formula is C7H12O3S. The average Bonchev–Trinajstić information content (AvgIpc) is 1.97. The molecule has 0 aliphatic heterocycles. The van der Waals surface area contributed by atoms with Gasteiger partial charge in [0, 0.05) is 12.2 Å². The highest BCUT2D eigenvalue weighted by molar-refractivity contribution is 7.99. The fraction of sp³-hybridized carbons (Fsp3) is 0.714. The average molecular weight is 176 g/mol. The Bertz CT molecular complexity index is 145. The summed E-state index contributed by atoms with van der Waals surface area (Å²) < 4.78 is 4.41. The van der Waals surface area contributed by atoms with Crippen molar-refractivity contribution < 1.29 is 14.3 Å². The summed E-state index contributed by atoms with van der Waals surface area (Å²) in [6.45, 7) is 1.54. The summed E-state index contributed by atoms with van der Waals surface area (Å²) in [6.07, 6.45) is 0.529. The van der Waals surface area contributed by atoms with Crippen LogP contribution < -0.4 is 0 Å². The predicted molar refractivity (Wildman–Crippen MR) is 44.6 cm³/mol. The first-order valence-electron chi connectivity index (χ1n) is 3.31. The molecule has 4 heteroatoms. The van der Waals surface area contributed by atoms with Crippen molar-refractivity contribution in [2.45, 2.75) is 13.3 Å². The van der Waals surface area contributed by atoms with Gasteiger partial charge in [-0.05, 0) is 6.92 Å². The lowest BCUT2D eigenvalue weighted by Crippen LogP contribution is -2.04. The van der Waals surface area contributed by atoms with E-state index >= 15 is 0 Å². The lowest BCUT2D eigenvalue weighted by Gasteiger charge is -1.97.